The molecule has 1 aromatic heterocycles. The maximum absolute atomic E-state index is 14.2. The fraction of sp³-hybridized carbons (Fsp3) is 0.138. The number of benzene rings is 3. The Morgan fingerprint density at radius 2 is 1.71 bits per heavy atom. The predicted octanol–water partition coefficient (Wildman–Crippen LogP) is 7.08. The molecule has 0 unspecified atom stereocenters. The maximum atomic E-state index is 14.2. The number of thioether (sulfide) groups is 2. The van der Waals surface area contributed by atoms with E-state index in [0.29, 0.717) is 16.4 Å². The van der Waals surface area contributed by atoms with Gasteiger partial charge in [-0.3, -0.25) is 19.7 Å². The number of hydrogen-bond acceptors (Lipinski definition) is 8. The zero-order chi connectivity index (χ0) is 30.1. The molecule has 0 aliphatic carbocycles. The number of carbonyl (C=O) groups excluding carboxylic acids is 3. The highest BCUT2D eigenvalue weighted by molar-refractivity contribution is 9.10. The number of anilines is 2. The summed E-state index contributed by atoms with van der Waals surface area (Å²) in [5, 5.41) is 16.2. The van der Waals surface area contributed by atoms with Crippen LogP contribution >= 0.6 is 50.8 Å². The first-order valence-electron chi connectivity index (χ1n) is 12.6. The van der Waals surface area contributed by atoms with E-state index < -0.39 is 22.9 Å². The lowest BCUT2D eigenvalue weighted by molar-refractivity contribution is -0.115. The third-order valence-electron chi connectivity index (χ3n) is 5.49. The van der Waals surface area contributed by atoms with Crippen LogP contribution in [0.25, 0.3) is 6.08 Å². The van der Waals surface area contributed by atoms with Crippen molar-refractivity contribution in [2.45, 2.75) is 28.3 Å². The molecule has 3 aromatic carbocycles. The van der Waals surface area contributed by atoms with Crippen LogP contribution in [0.1, 0.15) is 29.8 Å². The highest BCUT2D eigenvalue weighted by atomic mass is 79.9. The van der Waals surface area contributed by atoms with E-state index >= 15 is 0 Å². The van der Waals surface area contributed by atoms with Crippen LogP contribution in [0, 0.1) is 5.82 Å². The van der Waals surface area contributed by atoms with Crippen molar-refractivity contribution < 1.29 is 18.8 Å². The number of halogens is 2. The molecule has 0 fully saturated rings. The minimum absolute atomic E-state index is 0.0634. The molecule has 1 atom stereocenters. The van der Waals surface area contributed by atoms with Gasteiger partial charge < -0.3 is 10.6 Å². The molecule has 13 heteroatoms. The van der Waals surface area contributed by atoms with Gasteiger partial charge in [-0.05, 0) is 72.8 Å². The summed E-state index contributed by atoms with van der Waals surface area (Å²) in [5.74, 6) is -1.36. The van der Waals surface area contributed by atoms with Crippen molar-refractivity contribution in [3.8, 4) is 0 Å². The second-order valence-corrected chi connectivity index (χ2v) is 13.4. The Labute approximate surface area is 263 Å². The molecule has 0 aliphatic rings. The van der Waals surface area contributed by atoms with E-state index in [-0.39, 0.29) is 17.2 Å². The van der Waals surface area contributed by atoms with Gasteiger partial charge in [0.2, 0.25) is 11.0 Å². The maximum Gasteiger partial charge on any atom is 0.272 e. The number of carbonyl (C=O) groups is 3. The van der Waals surface area contributed by atoms with E-state index in [1.54, 1.807) is 73.3 Å². The third-order valence-corrected chi connectivity index (χ3v) is 8.99. The van der Waals surface area contributed by atoms with Gasteiger partial charge in [-0.1, -0.05) is 70.2 Å². The van der Waals surface area contributed by atoms with Crippen LogP contribution in [0.5, 0.6) is 0 Å². The van der Waals surface area contributed by atoms with Gasteiger partial charge in [0.15, 0.2) is 4.34 Å². The summed E-state index contributed by atoms with van der Waals surface area (Å²) in [6, 6.07) is 19.6. The fourth-order valence-electron chi connectivity index (χ4n) is 3.44. The van der Waals surface area contributed by atoms with Crippen molar-refractivity contribution in [3.63, 3.8) is 0 Å². The average Bonchev–Trinajstić information content (AvgIpc) is 3.41. The van der Waals surface area contributed by atoms with Crippen molar-refractivity contribution >= 4 is 85.4 Å². The highest BCUT2D eigenvalue weighted by Crippen LogP contribution is 2.28. The number of amides is 3. The van der Waals surface area contributed by atoms with Gasteiger partial charge >= 0.3 is 0 Å². The quantitative estimate of drug-likeness (QED) is 0.0879. The molecule has 3 N–H and O–H groups in total. The first-order valence-corrected chi connectivity index (χ1v) is 16.1. The van der Waals surface area contributed by atoms with Gasteiger partial charge in [0.05, 0.1) is 10.8 Å². The molecule has 0 spiro atoms. The standard InChI is InChI=1S/C29H25BrFN5O3S3/c1-3-40-29-36-35-28(42-29)34-25(37)17(2)41-21-14-12-20(13-15-21)32-27(39)24(16-18-8-10-19(30)11-9-18)33-26(38)22-6-4-5-7-23(22)31/h4-17H,3H2,1-2H3,(H,32,39)(H,33,38)(H,34,35,37)/b24-16-/t17-/m1/s1. The Morgan fingerprint density at radius 1 is 1.00 bits per heavy atom. The predicted molar refractivity (Wildman–Crippen MR) is 171 cm³/mol. The first kappa shape index (κ1) is 31.4. The van der Waals surface area contributed by atoms with E-state index in [1.165, 1.54) is 47.4 Å². The van der Waals surface area contributed by atoms with Crippen LogP contribution in [0.3, 0.4) is 0 Å². The van der Waals surface area contributed by atoms with Gasteiger partial charge in [-0.25, -0.2) is 4.39 Å². The van der Waals surface area contributed by atoms with E-state index in [4.69, 9.17) is 0 Å². The van der Waals surface area contributed by atoms with Gasteiger partial charge in [-0.2, -0.15) is 0 Å². The van der Waals surface area contributed by atoms with Crippen LogP contribution in [0.15, 0.2) is 92.2 Å². The van der Waals surface area contributed by atoms with Crippen molar-refractivity contribution in [1.29, 1.82) is 0 Å². The summed E-state index contributed by atoms with van der Waals surface area (Å²) in [5.41, 5.74) is 0.882. The molecule has 0 saturated heterocycles. The summed E-state index contributed by atoms with van der Waals surface area (Å²) >= 11 is 7.62. The molecule has 4 rings (SSSR count). The van der Waals surface area contributed by atoms with Crippen molar-refractivity contribution in [2.24, 2.45) is 0 Å². The Balaban J connectivity index is 1.42. The minimum atomic E-state index is -0.750. The molecule has 0 saturated carbocycles. The topological polar surface area (TPSA) is 113 Å². The fourth-order valence-corrected chi connectivity index (χ4v) is 6.22. The van der Waals surface area contributed by atoms with E-state index in [2.05, 4.69) is 42.1 Å². The van der Waals surface area contributed by atoms with Crippen molar-refractivity contribution in [1.82, 2.24) is 15.5 Å². The monoisotopic (exact) mass is 685 g/mol. The molecule has 8 nitrogen and oxygen atoms in total. The minimum Gasteiger partial charge on any atom is -0.321 e. The smallest absolute Gasteiger partial charge is 0.272 e. The second-order valence-electron chi connectivity index (χ2n) is 8.58. The van der Waals surface area contributed by atoms with Crippen LogP contribution in [0.2, 0.25) is 0 Å². The molecular formula is C29H25BrFN5O3S3. The van der Waals surface area contributed by atoms with Gasteiger partial charge in [0.1, 0.15) is 11.5 Å². The molecule has 1 heterocycles. The van der Waals surface area contributed by atoms with Crippen molar-refractivity contribution in [3.05, 3.63) is 99.9 Å². The third kappa shape index (κ3) is 8.99. The van der Waals surface area contributed by atoms with Gasteiger partial charge in [0.25, 0.3) is 11.8 Å². The lowest BCUT2D eigenvalue weighted by Gasteiger charge is -2.13. The summed E-state index contributed by atoms with van der Waals surface area (Å²) < 4.78 is 15.9. The summed E-state index contributed by atoms with van der Waals surface area (Å²) in [4.78, 5) is 39.5. The average molecular weight is 687 g/mol. The van der Waals surface area contributed by atoms with E-state index in [9.17, 15) is 18.8 Å². The normalized spacial score (nSPS) is 12.0. The van der Waals surface area contributed by atoms with E-state index in [0.717, 1.165) is 19.5 Å². The largest absolute Gasteiger partial charge is 0.321 e. The van der Waals surface area contributed by atoms with Crippen LogP contribution < -0.4 is 16.0 Å². The van der Waals surface area contributed by atoms with Crippen molar-refractivity contribution in [2.75, 3.05) is 16.4 Å². The molecule has 3 amide bonds. The molecule has 0 aliphatic heterocycles. The number of rotatable bonds is 11. The molecule has 4 aromatic rings. The molecule has 0 bridgehead atoms. The Hall–Kier alpha value is -3.52. The number of hydrogen-bond donors (Lipinski definition) is 3. The molecular weight excluding hydrogens is 661 g/mol. The number of nitrogens with zero attached hydrogens (tertiary/aromatic N) is 2. The zero-order valence-electron chi connectivity index (χ0n) is 22.4. The van der Waals surface area contributed by atoms with Gasteiger partial charge in [-0.15, -0.1) is 22.0 Å². The number of nitrogens with one attached hydrogen (secondary N) is 3. The molecule has 42 heavy (non-hydrogen) atoms. The summed E-state index contributed by atoms with van der Waals surface area (Å²) in [6.45, 7) is 3.81. The second kappa shape index (κ2) is 15.1. The number of aromatic nitrogens is 2. The summed E-state index contributed by atoms with van der Waals surface area (Å²) in [6.07, 6.45) is 1.51. The Bertz CT molecular complexity index is 1600. The Kier molecular flexibility index (Phi) is 11.3. The van der Waals surface area contributed by atoms with E-state index in [1.807, 2.05) is 6.92 Å². The lowest BCUT2D eigenvalue weighted by atomic mass is 10.1. The van der Waals surface area contributed by atoms with Crippen LogP contribution in [-0.4, -0.2) is 38.9 Å². The SMILES string of the molecule is CCSc1nnc(NC(=O)[C@@H](C)Sc2ccc(NC(=O)/C(=C/c3ccc(Br)cc3)NC(=O)c3ccccc3F)cc2)s1. The highest BCUT2D eigenvalue weighted by Gasteiger charge is 2.19. The summed E-state index contributed by atoms with van der Waals surface area (Å²) in [7, 11) is 0. The molecule has 0 radical (unpaired) electrons. The lowest BCUT2D eigenvalue weighted by Crippen LogP contribution is -2.31. The zero-order valence-corrected chi connectivity index (χ0v) is 26.4. The van der Waals surface area contributed by atoms with Crippen LogP contribution in [0.4, 0.5) is 15.2 Å². The van der Waals surface area contributed by atoms with Crippen LogP contribution in [-0.2, 0) is 9.59 Å². The first-order chi connectivity index (χ1) is 20.2. The molecule has 216 valence electrons. The van der Waals surface area contributed by atoms with Gasteiger partial charge in [0, 0.05) is 15.1 Å². The Morgan fingerprint density at radius 3 is 2.40 bits per heavy atom.